The maximum absolute atomic E-state index is 11.7. The van der Waals surface area contributed by atoms with Crippen LogP contribution < -0.4 is 5.43 Å². The van der Waals surface area contributed by atoms with E-state index in [-0.39, 0.29) is 17.6 Å². The first-order chi connectivity index (χ1) is 9.56. The van der Waals surface area contributed by atoms with Gasteiger partial charge in [0.2, 0.25) is 0 Å². The summed E-state index contributed by atoms with van der Waals surface area (Å²) in [6.45, 7) is 0. The number of nitro groups is 1. The normalized spacial score (nSPS) is 10.7. The molecule has 1 amide bonds. The molecule has 0 saturated carbocycles. The highest BCUT2D eigenvalue weighted by Crippen LogP contribution is 2.13. The van der Waals surface area contributed by atoms with Crippen LogP contribution in [0.4, 0.5) is 5.88 Å². The Morgan fingerprint density at radius 3 is 2.85 bits per heavy atom. The van der Waals surface area contributed by atoms with Crippen molar-refractivity contribution in [3.05, 3.63) is 61.4 Å². The minimum absolute atomic E-state index is 0.180. The molecule has 0 aliphatic carbocycles. The van der Waals surface area contributed by atoms with Crippen LogP contribution in [0.15, 0.2) is 45.9 Å². The number of hydrazone groups is 1. The summed E-state index contributed by atoms with van der Waals surface area (Å²) in [5.74, 6) is -0.573. The molecule has 8 heteroatoms. The summed E-state index contributed by atoms with van der Waals surface area (Å²) >= 11 is 2.10. The second kappa shape index (κ2) is 6.28. The SMILES string of the molecule is O=C(N/N=C\c1ccc([N+](=O)[O-])o1)c1cccc(I)c1. The van der Waals surface area contributed by atoms with Gasteiger partial charge in [0.15, 0.2) is 5.76 Å². The number of hydrogen-bond acceptors (Lipinski definition) is 5. The molecule has 0 saturated heterocycles. The van der Waals surface area contributed by atoms with Gasteiger partial charge in [-0.2, -0.15) is 5.10 Å². The Morgan fingerprint density at radius 2 is 2.20 bits per heavy atom. The minimum Gasteiger partial charge on any atom is -0.400 e. The summed E-state index contributed by atoms with van der Waals surface area (Å²) in [5, 5.41) is 14.1. The van der Waals surface area contributed by atoms with Gasteiger partial charge < -0.3 is 4.42 Å². The summed E-state index contributed by atoms with van der Waals surface area (Å²) in [7, 11) is 0. The van der Waals surface area contributed by atoms with E-state index in [1.54, 1.807) is 18.2 Å². The van der Waals surface area contributed by atoms with Gasteiger partial charge in [-0.25, -0.2) is 5.43 Å². The lowest BCUT2D eigenvalue weighted by Gasteiger charge is -1.99. The fourth-order valence-electron chi connectivity index (χ4n) is 1.36. The maximum atomic E-state index is 11.7. The average molecular weight is 385 g/mol. The van der Waals surface area contributed by atoms with E-state index in [0.717, 1.165) is 3.57 Å². The van der Waals surface area contributed by atoms with Gasteiger partial charge in [0.25, 0.3) is 5.91 Å². The van der Waals surface area contributed by atoms with Crippen molar-refractivity contribution in [3.63, 3.8) is 0 Å². The van der Waals surface area contributed by atoms with Crippen LogP contribution in [0.3, 0.4) is 0 Å². The highest BCUT2D eigenvalue weighted by atomic mass is 127. The zero-order valence-corrected chi connectivity index (χ0v) is 12.1. The molecule has 20 heavy (non-hydrogen) atoms. The number of nitrogens with one attached hydrogen (secondary N) is 1. The molecule has 0 unspecified atom stereocenters. The number of carbonyl (C=O) groups is 1. The molecule has 2 aromatic rings. The number of halogens is 1. The lowest BCUT2D eigenvalue weighted by atomic mass is 10.2. The molecular formula is C12H8IN3O4. The van der Waals surface area contributed by atoms with Crippen molar-refractivity contribution in [3.8, 4) is 0 Å². The Balaban J connectivity index is 1.99. The fraction of sp³-hybridized carbons (Fsp3) is 0. The Morgan fingerprint density at radius 1 is 1.40 bits per heavy atom. The van der Waals surface area contributed by atoms with Crippen LogP contribution in [0.1, 0.15) is 16.1 Å². The first kappa shape index (κ1) is 14.2. The molecule has 1 N–H and O–H groups in total. The van der Waals surface area contributed by atoms with Crippen LogP contribution in [0.2, 0.25) is 0 Å². The van der Waals surface area contributed by atoms with E-state index >= 15 is 0 Å². The molecule has 0 atom stereocenters. The number of hydrogen-bond donors (Lipinski definition) is 1. The standard InChI is InChI=1S/C12H8IN3O4/c13-9-3-1-2-8(6-9)12(17)15-14-7-10-4-5-11(20-10)16(18)19/h1-7H,(H,15,17)/b14-7-. The minimum atomic E-state index is -0.651. The van der Waals surface area contributed by atoms with Gasteiger partial charge in [0, 0.05) is 9.13 Å². The Labute approximate surface area is 127 Å². The predicted octanol–water partition coefficient (Wildman–Crippen LogP) is 2.56. The van der Waals surface area contributed by atoms with E-state index in [9.17, 15) is 14.9 Å². The summed E-state index contributed by atoms with van der Waals surface area (Å²) in [6, 6.07) is 9.59. The number of benzene rings is 1. The Kier molecular flexibility index (Phi) is 4.45. The highest BCUT2D eigenvalue weighted by molar-refractivity contribution is 14.1. The quantitative estimate of drug-likeness (QED) is 0.379. The van der Waals surface area contributed by atoms with Crippen LogP contribution >= 0.6 is 22.6 Å². The molecule has 0 aliphatic rings. The average Bonchev–Trinajstić information content (AvgIpc) is 2.87. The predicted molar refractivity (Wildman–Crippen MR) is 79.6 cm³/mol. The van der Waals surface area contributed by atoms with Crippen LogP contribution in [0.25, 0.3) is 0 Å². The van der Waals surface area contributed by atoms with E-state index in [2.05, 4.69) is 33.1 Å². The van der Waals surface area contributed by atoms with Crippen molar-refractivity contribution in [2.45, 2.75) is 0 Å². The first-order valence-corrected chi connectivity index (χ1v) is 6.47. The van der Waals surface area contributed by atoms with Crippen molar-refractivity contribution in [1.29, 1.82) is 0 Å². The van der Waals surface area contributed by atoms with Crippen LogP contribution in [0.5, 0.6) is 0 Å². The van der Waals surface area contributed by atoms with Gasteiger partial charge in [-0.3, -0.25) is 14.9 Å². The third-order valence-corrected chi connectivity index (χ3v) is 2.91. The molecule has 1 aromatic heterocycles. The van der Waals surface area contributed by atoms with Crippen molar-refractivity contribution in [2.75, 3.05) is 0 Å². The molecule has 0 radical (unpaired) electrons. The molecule has 0 spiro atoms. The van der Waals surface area contributed by atoms with E-state index < -0.39 is 4.92 Å². The zero-order valence-electron chi connectivity index (χ0n) is 9.95. The lowest BCUT2D eigenvalue weighted by molar-refractivity contribution is -0.402. The number of rotatable bonds is 4. The molecule has 0 aliphatic heterocycles. The van der Waals surface area contributed by atoms with Gasteiger partial charge in [-0.15, -0.1) is 0 Å². The second-order valence-corrected chi connectivity index (χ2v) is 4.89. The summed E-state index contributed by atoms with van der Waals surface area (Å²) in [6.07, 6.45) is 1.19. The van der Waals surface area contributed by atoms with Gasteiger partial charge in [0.05, 0.1) is 12.3 Å². The van der Waals surface area contributed by atoms with E-state index in [0.29, 0.717) is 5.56 Å². The van der Waals surface area contributed by atoms with Gasteiger partial charge in [-0.05, 0) is 46.9 Å². The molecule has 0 bridgehead atoms. The Hall–Kier alpha value is -2.23. The van der Waals surface area contributed by atoms with Crippen molar-refractivity contribution >= 4 is 40.6 Å². The van der Waals surface area contributed by atoms with Gasteiger partial charge in [-0.1, -0.05) is 6.07 Å². The fourth-order valence-corrected chi connectivity index (χ4v) is 1.90. The molecule has 102 valence electrons. The smallest absolute Gasteiger partial charge is 0.400 e. The Bertz CT molecular complexity index is 681. The van der Waals surface area contributed by atoms with E-state index in [1.807, 2.05) is 6.07 Å². The van der Waals surface area contributed by atoms with Gasteiger partial charge in [0.1, 0.15) is 4.92 Å². The summed E-state index contributed by atoms with van der Waals surface area (Å²) in [4.78, 5) is 21.5. The molecule has 7 nitrogen and oxygen atoms in total. The third-order valence-electron chi connectivity index (χ3n) is 2.24. The number of nitrogens with zero attached hydrogens (tertiary/aromatic N) is 2. The molecule has 1 heterocycles. The van der Waals surface area contributed by atoms with Crippen LogP contribution in [0, 0.1) is 13.7 Å². The largest absolute Gasteiger partial charge is 0.433 e. The van der Waals surface area contributed by atoms with Crippen molar-refractivity contribution in [1.82, 2.24) is 5.43 Å². The lowest BCUT2D eigenvalue weighted by Crippen LogP contribution is -2.17. The van der Waals surface area contributed by atoms with Crippen molar-refractivity contribution in [2.24, 2.45) is 5.10 Å². The highest BCUT2D eigenvalue weighted by Gasteiger charge is 2.10. The molecule has 1 aromatic carbocycles. The van der Waals surface area contributed by atoms with Crippen molar-refractivity contribution < 1.29 is 14.1 Å². The van der Waals surface area contributed by atoms with E-state index in [1.165, 1.54) is 18.3 Å². The number of amides is 1. The topological polar surface area (TPSA) is 97.7 Å². The second-order valence-electron chi connectivity index (χ2n) is 3.64. The monoisotopic (exact) mass is 385 g/mol. The molecular weight excluding hydrogens is 377 g/mol. The number of carbonyl (C=O) groups excluding carboxylic acids is 1. The molecule has 0 fully saturated rings. The van der Waals surface area contributed by atoms with Crippen LogP contribution in [-0.2, 0) is 0 Å². The first-order valence-electron chi connectivity index (χ1n) is 5.39. The van der Waals surface area contributed by atoms with Gasteiger partial charge >= 0.3 is 5.88 Å². The van der Waals surface area contributed by atoms with E-state index in [4.69, 9.17) is 4.42 Å². The zero-order chi connectivity index (χ0) is 14.5. The third kappa shape index (κ3) is 3.63. The summed E-state index contributed by atoms with van der Waals surface area (Å²) in [5.41, 5.74) is 2.78. The summed E-state index contributed by atoms with van der Waals surface area (Å²) < 4.78 is 5.78. The van der Waals surface area contributed by atoms with Crippen LogP contribution in [-0.4, -0.2) is 17.0 Å². The molecule has 2 rings (SSSR count). The maximum Gasteiger partial charge on any atom is 0.433 e. The number of furan rings is 1.